The molecule has 0 bridgehead atoms. The minimum absolute atomic E-state index is 0.239. The molecule has 0 saturated carbocycles. The van der Waals surface area contributed by atoms with Crippen molar-refractivity contribution in [2.45, 2.75) is 6.10 Å². The number of anilines is 1. The number of aromatic nitrogens is 2. The molecule has 1 atom stereocenters. The van der Waals surface area contributed by atoms with Gasteiger partial charge in [0.25, 0.3) is 0 Å². The molecule has 1 N–H and O–H groups in total. The zero-order valence-corrected chi connectivity index (χ0v) is 11.5. The fourth-order valence-electron chi connectivity index (χ4n) is 2.73. The first-order valence-corrected chi connectivity index (χ1v) is 6.84. The van der Waals surface area contributed by atoms with E-state index in [4.69, 9.17) is 4.74 Å². The largest absolute Gasteiger partial charge is 0.478 e. The van der Waals surface area contributed by atoms with Gasteiger partial charge in [0, 0.05) is 13.1 Å². The van der Waals surface area contributed by atoms with Gasteiger partial charge in [-0.05, 0) is 24.3 Å². The fraction of sp³-hybridized carbons (Fsp3) is 0.188. The van der Waals surface area contributed by atoms with Gasteiger partial charge in [0.15, 0.2) is 11.9 Å². The van der Waals surface area contributed by atoms with Crippen LogP contribution in [0.4, 0.5) is 10.1 Å². The Hall–Kier alpha value is -2.56. The zero-order valence-electron chi connectivity index (χ0n) is 11.5. The number of imidazole rings is 1. The van der Waals surface area contributed by atoms with Gasteiger partial charge in [-0.3, -0.25) is 0 Å². The van der Waals surface area contributed by atoms with Gasteiger partial charge in [-0.2, -0.15) is 0 Å². The number of aryl methyl sites for hydroxylation is 1. The standard InChI is InChI=1S/C16H14FN3O/c1-20-13-5-3-2-4-11(13)19-16(20)15-9-18-12-7-6-10(17)8-14(12)21-15/h2-8,15,18H,9H2,1H3. The van der Waals surface area contributed by atoms with Crippen LogP contribution < -0.4 is 10.1 Å². The third kappa shape index (κ3) is 1.93. The molecule has 0 aliphatic carbocycles. The Morgan fingerprint density at radius 3 is 3.00 bits per heavy atom. The molecular weight excluding hydrogens is 269 g/mol. The third-order valence-electron chi connectivity index (χ3n) is 3.80. The van der Waals surface area contributed by atoms with E-state index in [2.05, 4.69) is 10.3 Å². The van der Waals surface area contributed by atoms with Crippen LogP contribution in [-0.4, -0.2) is 16.1 Å². The van der Waals surface area contributed by atoms with Gasteiger partial charge in [0.05, 0.1) is 23.3 Å². The molecule has 0 spiro atoms. The lowest BCUT2D eigenvalue weighted by atomic mass is 10.2. The fourth-order valence-corrected chi connectivity index (χ4v) is 2.73. The minimum atomic E-state index is -0.304. The maximum atomic E-state index is 13.3. The maximum Gasteiger partial charge on any atom is 0.173 e. The molecular formula is C16H14FN3O. The van der Waals surface area contributed by atoms with Crippen LogP contribution in [0.1, 0.15) is 11.9 Å². The first-order chi connectivity index (χ1) is 10.2. The highest BCUT2D eigenvalue weighted by molar-refractivity contribution is 5.76. The van der Waals surface area contributed by atoms with E-state index in [0.29, 0.717) is 12.3 Å². The Morgan fingerprint density at radius 1 is 1.29 bits per heavy atom. The van der Waals surface area contributed by atoms with Crippen molar-refractivity contribution in [1.82, 2.24) is 9.55 Å². The number of halogens is 1. The van der Waals surface area contributed by atoms with Crippen molar-refractivity contribution in [2.24, 2.45) is 7.05 Å². The van der Waals surface area contributed by atoms with Gasteiger partial charge in [-0.1, -0.05) is 12.1 Å². The van der Waals surface area contributed by atoms with Gasteiger partial charge < -0.3 is 14.6 Å². The molecule has 1 aromatic heterocycles. The summed E-state index contributed by atoms with van der Waals surface area (Å²) in [5.74, 6) is 1.05. The number of para-hydroxylation sites is 2. The van der Waals surface area contributed by atoms with Gasteiger partial charge in [0.1, 0.15) is 11.6 Å². The van der Waals surface area contributed by atoms with Crippen molar-refractivity contribution in [3.8, 4) is 5.75 Å². The van der Waals surface area contributed by atoms with Crippen molar-refractivity contribution in [2.75, 3.05) is 11.9 Å². The second kappa shape index (κ2) is 4.48. The Morgan fingerprint density at radius 2 is 2.14 bits per heavy atom. The van der Waals surface area contributed by atoms with Gasteiger partial charge in [-0.25, -0.2) is 9.37 Å². The van der Waals surface area contributed by atoms with Gasteiger partial charge >= 0.3 is 0 Å². The van der Waals surface area contributed by atoms with Gasteiger partial charge in [-0.15, -0.1) is 0 Å². The van der Waals surface area contributed by atoms with Crippen LogP contribution in [0, 0.1) is 5.82 Å². The number of hydrogen-bond donors (Lipinski definition) is 1. The molecule has 4 nitrogen and oxygen atoms in total. The normalized spacial score (nSPS) is 17.1. The Bertz CT molecular complexity index is 828. The van der Waals surface area contributed by atoms with Crippen molar-refractivity contribution in [3.63, 3.8) is 0 Å². The number of benzene rings is 2. The van der Waals surface area contributed by atoms with Crippen LogP contribution in [-0.2, 0) is 7.05 Å². The van der Waals surface area contributed by atoms with Crippen LogP contribution in [0.5, 0.6) is 5.75 Å². The van der Waals surface area contributed by atoms with E-state index in [-0.39, 0.29) is 11.9 Å². The Labute approximate surface area is 121 Å². The SMILES string of the molecule is Cn1c(C2CNc3ccc(F)cc3O2)nc2ccccc21. The van der Waals surface area contributed by atoms with Crippen LogP contribution in [0.2, 0.25) is 0 Å². The number of fused-ring (bicyclic) bond motifs is 2. The van der Waals surface area contributed by atoms with E-state index in [9.17, 15) is 4.39 Å². The smallest absolute Gasteiger partial charge is 0.173 e. The summed E-state index contributed by atoms with van der Waals surface area (Å²) in [6.45, 7) is 0.607. The lowest BCUT2D eigenvalue weighted by molar-refractivity contribution is 0.196. The van der Waals surface area contributed by atoms with E-state index in [1.165, 1.54) is 12.1 Å². The molecule has 0 amide bonds. The van der Waals surface area contributed by atoms with E-state index in [0.717, 1.165) is 22.5 Å². The van der Waals surface area contributed by atoms with Crippen molar-refractivity contribution >= 4 is 16.7 Å². The number of nitrogens with one attached hydrogen (secondary N) is 1. The summed E-state index contributed by atoms with van der Waals surface area (Å²) in [7, 11) is 1.97. The lowest BCUT2D eigenvalue weighted by Gasteiger charge is -2.27. The lowest BCUT2D eigenvalue weighted by Crippen LogP contribution is -2.26. The molecule has 4 rings (SSSR count). The van der Waals surface area contributed by atoms with E-state index < -0.39 is 0 Å². The van der Waals surface area contributed by atoms with Crippen molar-refractivity contribution < 1.29 is 9.13 Å². The summed E-state index contributed by atoms with van der Waals surface area (Å²) in [4.78, 5) is 4.64. The molecule has 1 aliphatic rings. The predicted molar refractivity (Wildman–Crippen MR) is 79.0 cm³/mol. The highest BCUT2D eigenvalue weighted by atomic mass is 19.1. The van der Waals surface area contributed by atoms with E-state index in [1.807, 2.05) is 35.9 Å². The average Bonchev–Trinajstić information content (AvgIpc) is 2.84. The highest BCUT2D eigenvalue weighted by Gasteiger charge is 2.25. The summed E-state index contributed by atoms with van der Waals surface area (Å²) in [6.07, 6.45) is -0.239. The Kier molecular flexibility index (Phi) is 2.60. The summed E-state index contributed by atoms with van der Waals surface area (Å²) < 4.78 is 21.3. The number of nitrogens with zero attached hydrogens (tertiary/aromatic N) is 2. The molecule has 0 fully saturated rings. The first-order valence-electron chi connectivity index (χ1n) is 6.84. The maximum absolute atomic E-state index is 13.3. The van der Waals surface area contributed by atoms with Crippen LogP contribution in [0.3, 0.4) is 0 Å². The quantitative estimate of drug-likeness (QED) is 0.745. The van der Waals surface area contributed by atoms with E-state index in [1.54, 1.807) is 6.07 Å². The second-order valence-electron chi connectivity index (χ2n) is 5.15. The van der Waals surface area contributed by atoms with Crippen molar-refractivity contribution in [1.29, 1.82) is 0 Å². The van der Waals surface area contributed by atoms with Crippen LogP contribution in [0.15, 0.2) is 42.5 Å². The molecule has 1 aliphatic heterocycles. The Balaban J connectivity index is 1.75. The summed E-state index contributed by atoms with van der Waals surface area (Å²) in [5.41, 5.74) is 2.80. The summed E-state index contributed by atoms with van der Waals surface area (Å²) in [6, 6.07) is 12.5. The van der Waals surface area contributed by atoms with Crippen LogP contribution in [0.25, 0.3) is 11.0 Å². The number of rotatable bonds is 1. The third-order valence-corrected chi connectivity index (χ3v) is 3.80. The molecule has 5 heteroatoms. The molecule has 0 saturated heterocycles. The molecule has 21 heavy (non-hydrogen) atoms. The molecule has 106 valence electrons. The highest BCUT2D eigenvalue weighted by Crippen LogP contribution is 2.34. The molecule has 3 aromatic rings. The summed E-state index contributed by atoms with van der Waals surface area (Å²) >= 11 is 0. The van der Waals surface area contributed by atoms with Gasteiger partial charge in [0.2, 0.25) is 0 Å². The molecule has 2 heterocycles. The predicted octanol–water partition coefficient (Wildman–Crippen LogP) is 3.26. The number of hydrogen-bond acceptors (Lipinski definition) is 3. The minimum Gasteiger partial charge on any atom is -0.478 e. The summed E-state index contributed by atoms with van der Waals surface area (Å²) in [5, 5.41) is 3.26. The zero-order chi connectivity index (χ0) is 14.4. The monoisotopic (exact) mass is 283 g/mol. The molecule has 1 unspecified atom stereocenters. The first kappa shape index (κ1) is 12.2. The van der Waals surface area contributed by atoms with Crippen molar-refractivity contribution in [3.05, 3.63) is 54.1 Å². The van der Waals surface area contributed by atoms with Crippen LogP contribution >= 0.6 is 0 Å². The molecule has 2 aromatic carbocycles. The number of ether oxygens (including phenoxy) is 1. The van der Waals surface area contributed by atoms with E-state index >= 15 is 0 Å². The topological polar surface area (TPSA) is 39.1 Å². The average molecular weight is 283 g/mol. The molecule has 0 radical (unpaired) electrons. The second-order valence-corrected chi connectivity index (χ2v) is 5.15.